The van der Waals surface area contributed by atoms with Crippen molar-refractivity contribution in [1.82, 2.24) is 0 Å². The molecule has 1 atom stereocenters. The molecule has 0 aromatic heterocycles. The number of phenolic OH excluding ortho intramolecular Hbond substituents is 1. The maximum absolute atomic E-state index is 13.2. The number of halogens is 1. The Morgan fingerprint density at radius 2 is 1.67 bits per heavy atom. The number of cyclic esters (lactones) is 1. The van der Waals surface area contributed by atoms with Crippen molar-refractivity contribution in [2.45, 2.75) is 12.5 Å². The van der Waals surface area contributed by atoms with E-state index in [0.29, 0.717) is 34.2 Å². The fourth-order valence-electron chi connectivity index (χ4n) is 5.01. The van der Waals surface area contributed by atoms with E-state index in [2.05, 4.69) is 4.90 Å². The molecule has 9 heteroatoms. The van der Waals surface area contributed by atoms with Gasteiger partial charge in [0.15, 0.2) is 23.0 Å². The van der Waals surface area contributed by atoms with E-state index in [0.717, 1.165) is 22.5 Å². The zero-order valence-electron chi connectivity index (χ0n) is 19.5. The van der Waals surface area contributed by atoms with Gasteiger partial charge in [0, 0.05) is 29.2 Å². The van der Waals surface area contributed by atoms with Crippen LogP contribution in [0.2, 0.25) is 5.02 Å². The van der Waals surface area contributed by atoms with Crippen LogP contribution in [0.3, 0.4) is 0 Å². The lowest BCUT2D eigenvalue weighted by molar-refractivity contribution is -0.136. The Morgan fingerprint density at radius 3 is 2.33 bits per heavy atom. The van der Waals surface area contributed by atoms with Gasteiger partial charge in [-0.05, 0) is 47.0 Å². The molecule has 1 unspecified atom stereocenters. The second kappa shape index (κ2) is 8.57. The van der Waals surface area contributed by atoms with Crippen molar-refractivity contribution in [3.05, 3.63) is 81.5 Å². The standard InChI is InChI=1S/C27H22ClNO7/c1-32-22-7-15(8-23(33-2)26(22)30)24-17-9-20-21(36-13-35-20)10-18(17)29(19-12-34-27(31)25(19)24)11-14-3-5-16(28)6-4-14/h3-10,24,30H,11-13H2,1-2H3. The van der Waals surface area contributed by atoms with Gasteiger partial charge in [-0.2, -0.15) is 0 Å². The molecule has 36 heavy (non-hydrogen) atoms. The van der Waals surface area contributed by atoms with Gasteiger partial charge in [0.2, 0.25) is 12.5 Å². The fourth-order valence-corrected chi connectivity index (χ4v) is 5.13. The minimum atomic E-state index is -0.510. The number of rotatable bonds is 5. The lowest BCUT2D eigenvalue weighted by Gasteiger charge is -2.36. The molecule has 0 fully saturated rings. The van der Waals surface area contributed by atoms with Crippen molar-refractivity contribution in [3.63, 3.8) is 0 Å². The predicted octanol–water partition coefficient (Wildman–Crippen LogP) is 4.75. The molecular weight excluding hydrogens is 486 g/mol. The molecule has 0 radical (unpaired) electrons. The molecule has 0 saturated heterocycles. The molecule has 3 heterocycles. The number of anilines is 1. The minimum absolute atomic E-state index is 0.113. The highest BCUT2D eigenvalue weighted by atomic mass is 35.5. The summed E-state index contributed by atoms with van der Waals surface area (Å²) < 4.78 is 27.7. The van der Waals surface area contributed by atoms with E-state index in [9.17, 15) is 9.90 Å². The Labute approximate surface area is 212 Å². The van der Waals surface area contributed by atoms with Gasteiger partial charge in [-0.3, -0.25) is 0 Å². The van der Waals surface area contributed by atoms with Crippen molar-refractivity contribution < 1.29 is 33.6 Å². The van der Waals surface area contributed by atoms with Crippen LogP contribution in [0.5, 0.6) is 28.7 Å². The molecule has 0 spiro atoms. The lowest BCUT2D eigenvalue weighted by atomic mass is 9.80. The van der Waals surface area contributed by atoms with Crippen LogP contribution in [0.4, 0.5) is 5.69 Å². The van der Waals surface area contributed by atoms with E-state index < -0.39 is 11.9 Å². The molecule has 8 nitrogen and oxygen atoms in total. The van der Waals surface area contributed by atoms with Gasteiger partial charge in [-0.1, -0.05) is 23.7 Å². The third kappa shape index (κ3) is 3.48. The van der Waals surface area contributed by atoms with E-state index in [4.69, 9.17) is 35.3 Å². The Morgan fingerprint density at radius 1 is 1.00 bits per heavy atom. The largest absolute Gasteiger partial charge is 0.502 e. The molecule has 0 bridgehead atoms. The lowest BCUT2D eigenvalue weighted by Crippen LogP contribution is -2.30. The molecule has 6 rings (SSSR count). The summed E-state index contributed by atoms with van der Waals surface area (Å²) in [6.07, 6.45) is 0. The number of esters is 1. The average Bonchev–Trinajstić information content (AvgIpc) is 3.51. The molecule has 3 aromatic carbocycles. The highest BCUT2D eigenvalue weighted by Crippen LogP contribution is 2.53. The summed E-state index contributed by atoms with van der Waals surface area (Å²) in [5, 5.41) is 11.1. The van der Waals surface area contributed by atoms with Crippen LogP contribution >= 0.6 is 11.6 Å². The van der Waals surface area contributed by atoms with E-state index in [1.807, 2.05) is 36.4 Å². The number of ether oxygens (including phenoxy) is 5. The number of aromatic hydroxyl groups is 1. The van der Waals surface area contributed by atoms with Crippen molar-refractivity contribution >= 4 is 23.3 Å². The number of fused-ring (bicyclic) bond motifs is 2. The van der Waals surface area contributed by atoms with Crippen LogP contribution in [0.15, 0.2) is 59.8 Å². The van der Waals surface area contributed by atoms with Crippen molar-refractivity contribution in [1.29, 1.82) is 0 Å². The maximum Gasteiger partial charge on any atom is 0.337 e. The maximum atomic E-state index is 13.2. The SMILES string of the molecule is COc1cc(C2C3=C(COC3=O)N(Cc3ccc(Cl)cc3)c3cc4c(cc32)OCO4)cc(OC)c1O. The van der Waals surface area contributed by atoms with Crippen LogP contribution in [-0.2, 0) is 16.1 Å². The number of carbonyl (C=O) groups excluding carboxylic acids is 1. The van der Waals surface area contributed by atoms with E-state index >= 15 is 0 Å². The van der Waals surface area contributed by atoms with Gasteiger partial charge in [-0.15, -0.1) is 0 Å². The van der Waals surface area contributed by atoms with Crippen LogP contribution in [-0.4, -0.2) is 38.7 Å². The van der Waals surface area contributed by atoms with Crippen LogP contribution in [0, 0.1) is 0 Å². The van der Waals surface area contributed by atoms with Crippen molar-refractivity contribution in [2.75, 3.05) is 32.5 Å². The molecule has 3 aliphatic rings. The zero-order valence-corrected chi connectivity index (χ0v) is 20.3. The first-order valence-corrected chi connectivity index (χ1v) is 11.7. The fraction of sp³-hybridized carbons (Fsp3) is 0.222. The van der Waals surface area contributed by atoms with Gasteiger partial charge in [0.05, 0.1) is 25.5 Å². The van der Waals surface area contributed by atoms with E-state index in [1.54, 1.807) is 12.1 Å². The average molecular weight is 508 g/mol. The Bertz CT molecular complexity index is 1390. The van der Waals surface area contributed by atoms with E-state index in [1.165, 1.54) is 14.2 Å². The number of benzene rings is 3. The highest BCUT2D eigenvalue weighted by Gasteiger charge is 2.43. The summed E-state index contributed by atoms with van der Waals surface area (Å²) in [5.41, 5.74) is 4.70. The van der Waals surface area contributed by atoms with Crippen LogP contribution in [0.25, 0.3) is 0 Å². The number of nitrogens with zero attached hydrogens (tertiary/aromatic N) is 1. The van der Waals surface area contributed by atoms with Crippen molar-refractivity contribution in [3.8, 4) is 28.7 Å². The molecular formula is C27H22ClNO7. The summed E-state index contributed by atoms with van der Waals surface area (Å²) in [4.78, 5) is 15.2. The number of carbonyl (C=O) groups is 1. The highest BCUT2D eigenvalue weighted by molar-refractivity contribution is 6.30. The summed E-state index contributed by atoms with van der Waals surface area (Å²) >= 11 is 6.10. The normalized spacial score (nSPS) is 17.6. The molecule has 184 valence electrons. The van der Waals surface area contributed by atoms with Crippen LogP contribution in [0.1, 0.15) is 22.6 Å². The second-order valence-corrected chi connectivity index (χ2v) is 9.06. The monoisotopic (exact) mass is 507 g/mol. The minimum Gasteiger partial charge on any atom is -0.502 e. The summed E-state index contributed by atoms with van der Waals surface area (Å²) in [5.74, 6) is 0.683. The first kappa shape index (κ1) is 22.4. The Hall–Kier alpha value is -4.04. The molecule has 0 aliphatic carbocycles. The van der Waals surface area contributed by atoms with Crippen LogP contribution < -0.4 is 23.8 Å². The van der Waals surface area contributed by atoms with E-state index in [-0.39, 0.29) is 30.6 Å². The van der Waals surface area contributed by atoms with Gasteiger partial charge in [0.25, 0.3) is 0 Å². The first-order chi connectivity index (χ1) is 17.5. The second-order valence-electron chi connectivity index (χ2n) is 8.62. The molecule has 0 amide bonds. The molecule has 0 saturated carbocycles. The molecule has 3 aromatic rings. The van der Waals surface area contributed by atoms with Gasteiger partial charge in [-0.25, -0.2) is 4.79 Å². The zero-order chi connectivity index (χ0) is 25.0. The number of hydrogen-bond acceptors (Lipinski definition) is 8. The third-order valence-electron chi connectivity index (χ3n) is 6.70. The first-order valence-electron chi connectivity index (χ1n) is 11.3. The smallest absolute Gasteiger partial charge is 0.337 e. The van der Waals surface area contributed by atoms with Gasteiger partial charge in [0.1, 0.15) is 6.61 Å². The topological polar surface area (TPSA) is 86.7 Å². The number of phenols is 1. The number of hydrogen-bond donors (Lipinski definition) is 1. The summed E-state index contributed by atoms with van der Waals surface area (Å²) in [6.45, 7) is 0.753. The predicted molar refractivity (Wildman–Crippen MR) is 131 cm³/mol. The molecule has 3 aliphatic heterocycles. The third-order valence-corrected chi connectivity index (χ3v) is 6.95. The van der Waals surface area contributed by atoms with Gasteiger partial charge < -0.3 is 33.7 Å². The molecule has 1 N–H and O–H groups in total. The summed E-state index contributed by atoms with van der Waals surface area (Å²) in [6, 6.07) is 14.8. The van der Waals surface area contributed by atoms with Gasteiger partial charge >= 0.3 is 5.97 Å². The summed E-state index contributed by atoms with van der Waals surface area (Å²) in [7, 11) is 2.93. The number of methoxy groups -OCH3 is 2. The Balaban J connectivity index is 1.58. The quantitative estimate of drug-likeness (QED) is 0.495. The Kier molecular flexibility index (Phi) is 5.34. The van der Waals surface area contributed by atoms with Crippen molar-refractivity contribution in [2.24, 2.45) is 0 Å².